The standard InChI is InChI=1S/C9H19N3O4S/c1-7(10)12-4-2-5-17(15,16)6-3-8(11)9(13)14/h8H,2-6,11H2,1H3,(H2,10,12)(H,13,14)/t8-/m0/s1. The lowest BCUT2D eigenvalue weighted by molar-refractivity contribution is -0.138. The van der Waals surface area contributed by atoms with Gasteiger partial charge in [-0.05, 0) is 19.8 Å². The number of aliphatic imine (C=N–C) groups is 1. The van der Waals surface area contributed by atoms with Gasteiger partial charge in [0.1, 0.15) is 15.9 Å². The molecule has 17 heavy (non-hydrogen) atoms. The third-order valence-electron chi connectivity index (χ3n) is 2.03. The van der Waals surface area contributed by atoms with Gasteiger partial charge in [-0.25, -0.2) is 8.42 Å². The lowest BCUT2D eigenvalue weighted by Crippen LogP contribution is -2.32. The van der Waals surface area contributed by atoms with Crippen molar-refractivity contribution >= 4 is 21.6 Å². The van der Waals surface area contributed by atoms with Crippen molar-refractivity contribution in [1.82, 2.24) is 0 Å². The van der Waals surface area contributed by atoms with E-state index in [4.69, 9.17) is 16.6 Å². The highest BCUT2D eigenvalue weighted by molar-refractivity contribution is 7.91. The summed E-state index contributed by atoms with van der Waals surface area (Å²) < 4.78 is 22.9. The van der Waals surface area contributed by atoms with Crippen molar-refractivity contribution in [3.05, 3.63) is 0 Å². The molecule has 0 aromatic carbocycles. The molecule has 5 N–H and O–H groups in total. The van der Waals surface area contributed by atoms with Crippen molar-refractivity contribution in [2.45, 2.75) is 25.8 Å². The third kappa shape index (κ3) is 8.64. The number of rotatable bonds is 8. The fourth-order valence-electron chi connectivity index (χ4n) is 1.07. The summed E-state index contributed by atoms with van der Waals surface area (Å²) in [5.41, 5.74) is 10.5. The van der Waals surface area contributed by atoms with Crippen LogP contribution in [0.4, 0.5) is 0 Å². The maximum Gasteiger partial charge on any atom is 0.320 e. The van der Waals surface area contributed by atoms with Crippen LogP contribution in [0.2, 0.25) is 0 Å². The molecule has 0 saturated heterocycles. The molecular formula is C9H19N3O4S. The Labute approximate surface area is 101 Å². The minimum Gasteiger partial charge on any atom is -0.480 e. The van der Waals surface area contributed by atoms with E-state index in [2.05, 4.69) is 4.99 Å². The summed E-state index contributed by atoms with van der Waals surface area (Å²) in [4.78, 5) is 14.3. The number of carboxylic acid groups (broad SMARTS) is 1. The van der Waals surface area contributed by atoms with Crippen LogP contribution in [0.15, 0.2) is 4.99 Å². The van der Waals surface area contributed by atoms with Gasteiger partial charge in [-0.3, -0.25) is 9.79 Å². The van der Waals surface area contributed by atoms with E-state index in [1.807, 2.05) is 0 Å². The van der Waals surface area contributed by atoms with Crippen molar-refractivity contribution < 1.29 is 18.3 Å². The van der Waals surface area contributed by atoms with Crippen molar-refractivity contribution in [2.75, 3.05) is 18.1 Å². The molecular weight excluding hydrogens is 246 g/mol. The molecule has 100 valence electrons. The first-order valence-corrected chi connectivity index (χ1v) is 7.02. The van der Waals surface area contributed by atoms with Crippen LogP contribution in [0, 0.1) is 0 Å². The van der Waals surface area contributed by atoms with E-state index in [9.17, 15) is 13.2 Å². The van der Waals surface area contributed by atoms with Crippen LogP contribution >= 0.6 is 0 Å². The van der Waals surface area contributed by atoms with Crippen LogP contribution < -0.4 is 11.5 Å². The van der Waals surface area contributed by atoms with E-state index in [0.717, 1.165) is 0 Å². The van der Waals surface area contributed by atoms with Crippen LogP contribution in [0.25, 0.3) is 0 Å². The maximum atomic E-state index is 11.5. The zero-order chi connectivity index (χ0) is 13.5. The van der Waals surface area contributed by atoms with Crippen LogP contribution in [-0.2, 0) is 14.6 Å². The molecule has 0 aromatic rings. The summed E-state index contributed by atoms with van der Waals surface area (Å²) in [5.74, 6) is -1.03. The zero-order valence-electron chi connectivity index (χ0n) is 9.80. The first kappa shape index (κ1) is 15.9. The average molecular weight is 265 g/mol. The second-order valence-corrected chi connectivity index (χ2v) is 6.07. The second-order valence-electron chi connectivity index (χ2n) is 3.76. The summed E-state index contributed by atoms with van der Waals surface area (Å²) in [6.45, 7) is 1.98. The Morgan fingerprint density at radius 2 is 2.00 bits per heavy atom. The number of nitrogens with two attached hydrogens (primary N) is 2. The van der Waals surface area contributed by atoms with E-state index in [-0.39, 0.29) is 17.9 Å². The van der Waals surface area contributed by atoms with Crippen LogP contribution in [-0.4, -0.2) is 49.4 Å². The van der Waals surface area contributed by atoms with E-state index < -0.39 is 21.8 Å². The zero-order valence-corrected chi connectivity index (χ0v) is 10.6. The molecule has 0 aliphatic carbocycles. The molecule has 0 aliphatic heterocycles. The van der Waals surface area contributed by atoms with E-state index in [0.29, 0.717) is 18.8 Å². The minimum absolute atomic E-state index is 0.0316. The number of amidine groups is 1. The Hall–Kier alpha value is -1.15. The molecule has 0 aliphatic rings. The number of aliphatic carboxylic acids is 1. The molecule has 0 fully saturated rings. The van der Waals surface area contributed by atoms with Crippen LogP contribution in [0.3, 0.4) is 0 Å². The summed E-state index contributed by atoms with van der Waals surface area (Å²) in [5, 5.41) is 8.50. The Kier molecular flexibility index (Phi) is 6.74. The Morgan fingerprint density at radius 1 is 1.41 bits per heavy atom. The predicted molar refractivity (Wildman–Crippen MR) is 65.7 cm³/mol. The Balaban J connectivity index is 3.97. The molecule has 0 heterocycles. The van der Waals surface area contributed by atoms with E-state index in [1.54, 1.807) is 6.92 Å². The maximum absolute atomic E-state index is 11.5. The molecule has 0 radical (unpaired) electrons. The molecule has 7 nitrogen and oxygen atoms in total. The van der Waals surface area contributed by atoms with Gasteiger partial charge in [-0.2, -0.15) is 0 Å². The average Bonchev–Trinajstić information content (AvgIpc) is 2.21. The van der Waals surface area contributed by atoms with E-state index >= 15 is 0 Å². The monoisotopic (exact) mass is 265 g/mol. The normalized spacial score (nSPS) is 14.6. The largest absolute Gasteiger partial charge is 0.480 e. The van der Waals surface area contributed by atoms with E-state index in [1.165, 1.54) is 0 Å². The number of hydrogen-bond acceptors (Lipinski definition) is 5. The van der Waals surface area contributed by atoms with Crippen molar-refractivity contribution in [3.8, 4) is 0 Å². The van der Waals surface area contributed by atoms with Gasteiger partial charge in [-0.15, -0.1) is 0 Å². The Bertz CT molecular complexity index is 374. The third-order valence-corrected chi connectivity index (χ3v) is 3.80. The minimum atomic E-state index is -3.26. The molecule has 8 heteroatoms. The quantitative estimate of drug-likeness (QED) is 0.291. The van der Waals surface area contributed by atoms with Gasteiger partial charge in [-0.1, -0.05) is 0 Å². The predicted octanol–water partition coefficient (Wildman–Crippen LogP) is -1.03. The smallest absolute Gasteiger partial charge is 0.320 e. The first-order valence-electron chi connectivity index (χ1n) is 5.20. The van der Waals surface area contributed by atoms with Crippen molar-refractivity contribution in [1.29, 1.82) is 0 Å². The highest BCUT2D eigenvalue weighted by Gasteiger charge is 2.17. The molecule has 0 unspecified atom stereocenters. The van der Waals surface area contributed by atoms with Gasteiger partial charge >= 0.3 is 5.97 Å². The number of carbonyl (C=O) groups is 1. The van der Waals surface area contributed by atoms with Crippen LogP contribution in [0.5, 0.6) is 0 Å². The van der Waals surface area contributed by atoms with Crippen molar-refractivity contribution in [2.24, 2.45) is 16.5 Å². The summed E-state index contributed by atoms with van der Waals surface area (Å²) in [7, 11) is -3.26. The number of hydrogen-bond donors (Lipinski definition) is 3. The number of sulfone groups is 1. The highest BCUT2D eigenvalue weighted by Crippen LogP contribution is 2.00. The summed E-state index contributed by atoms with van der Waals surface area (Å²) in [6, 6.07) is -1.13. The van der Waals surface area contributed by atoms with Gasteiger partial charge in [0.15, 0.2) is 0 Å². The van der Waals surface area contributed by atoms with Gasteiger partial charge in [0, 0.05) is 6.54 Å². The molecule has 0 spiro atoms. The molecule has 1 atom stereocenters. The molecule has 0 bridgehead atoms. The van der Waals surface area contributed by atoms with Crippen molar-refractivity contribution in [3.63, 3.8) is 0 Å². The lowest BCUT2D eigenvalue weighted by atomic mass is 10.2. The number of carboxylic acids is 1. The van der Waals surface area contributed by atoms with Gasteiger partial charge in [0.05, 0.1) is 17.3 Å². The van der Waals surface area contributed by atoms with Gasteiger partial charge in [0.2, 0.25) is 0 Å². The second kappa shape index (κ2) is 7.23. The molecule has 0 aromatic heterocycles. The van der Waals surface area contributed by atoms with Gasteiger partial charge in [0.25, 0.3) is 0 Å². The fraction of sp³-hybridized carbons (Fsp3) is 0.778. The Morgan fingerprint density at radius 3 is 2.47 bits per heavy atom. The molecule has 0 amide bonds. The highest BCUT2D eigenvalue weighted by atomic mass is 32.2. The molecule has 0 rings (SSSR count). The number of nitrogens with zero attached hydrogens (tertiary/aromatic N) is 1. The lowest BCUT2D eigenvalue weighted by Gasteiger charge is -2.06. The summed E-state index contributed by atoms with van der Waals surface area (Å²) in [6.07, 6.45) is 0.302. The fourth-order valence-corrected chi connectivity index (χ4v) is 2.46. The topological polar surface area (TPSA) is 136 Å². The molecule has 0 saturated carbocycles. The van der Waals surface area contributed by atoms with Gasteiger partial charge < -0.3 is 16.6 Å². The SMILES string of the molecule is CC(N)=NCCCS(=O)(=O)CC[C@H](N)C(=O)O. The summed E-state index contributed by atoms with van der Waals surface area (Å²) >= 11 is 0. The van der Waals surface area contributed by atoms with Crippen LogP contribution in [0.1, 0.15) is 19.8 Å². The first-order chi connectivity index (χ1) is 7.74.